The zero-order valence-electron chi connectivity index (χ0n) is 7.77. The number of nitrogens with zero attached hydrogens (tertiary/aromatic N) is 2. The standard InChI is InChI=1S/C8H11ClN2O2S/c1-6-2-3-11-7(4-6)10-5-8(11)14(9,12)13/h5-6H,2-4H2,1H3/t6-/m0/s1. The van der Waals surface area contributed by atoms with Crippen molar-refractivity contribution in [2.75, 3.05) is 0 Å². The zero-order valence-corrected chi connectivity index (χ0v) is 9.35. The normalized spacial score (nSPS) is 22.0. The predicted molar refractivity (Wildman–Crippen MR) is 52.8 cm³/mol. The van der Waals surface area contributed by atoms with E-state index in [1.54, 1.807) is 4.57 Å². The van der Waals surface area contributed by atoms with Gasteiger partial charge in [-0.2, -0.15) is 0 Å². The summed E-state index contributed by atoms with van der Waals surface area (Å²) in [5, 5.41) is 0.126. The van der Waals surface area contributed by atoms with Gasteiger partial charge in [0, 0.05) is 23.6 Å². The van der Waals surface area contributed by atoms with E-state index < -0.39 is 9.05 Å². The van der Waals surface area contributed by atoms with Crippen molar-refractivity contribution in [2.45, 2.75) is 31.3 Å². The van der Waals surface area contributed by atoms with E-state index in [2.05, 4.69) is 11.9 Å². The number of halogens is 1. The van der Waals surface area contributed by atoms with E-state index in [1.807, 2.05) is 0 Å². The summed E-state index contributed by atoms with van der Waals surface area (Å²) in [7, 11) is 1.64. The van der Waals surface area contributed by atoms with Crippen molar-refractivity contribution in [1.82, 2.24) is 9.55 Å². The van der Waals surface area contributed by atoms with Crippen LogP contribution in [0, 0.1) is 5.92 Å². The smallest absolute Gasteiger partial charge is 0.278 e. The number of fused-ring (bicyclic) bond motifs is 1. The largest absolute Gasteiger partial charge is 0.318 e. The third-order valence-electron chi connectivity index (χ3n) is 2.53. The van der Waals surface area contributed by atoms with Gasteiger partial charge in [0.15, 0.2) is 5.03 Å². The van der Waals surface area contributed by atoms with Crippen LogP contribution in [0.5, 0.6) is 0 Å². The summed E-state index contributed by atoms with van der Waals surface area (Å²) in [5.41, 5.74) is 0. The van der Waals surface area contributed by atoms with E-state index in [1.165, 1.54) is 6.20 Å². The predicted octanol–water partition coefficient (Wildman–Crippen LogP) is 1.39. The monoisotopic (exact) mass is 234 g/mol. The Kier molecular flexibility index (Phi) is 2.31. The Balaban J connectivity index is 2.49. The van der Waals surface area contributed by atoms with Crippen molar-refractivity contribution >= 4 is 19.7 Å². The molecule has 0 saturated carbocycles. The molecule has 1 atom stereocenters. The van der Waals surface area contributed by atoms with E-state index in [9.17, 15) is 8.42 Å². The molecule has 6 heteroatoms. The van der Waals surface area contributed by atoms with Gasteiger partial charge in [-0.25, -0.2) is 13.4 Å². The minimum absolute atomic E-state index is 0.126. The lowest BCUT2D eigenvalue weighted by Crippen LogP contribution is -2.19. The third-order valence-corrected chi connectivity index (χ3v) is 3.83. The van der Waals surface area contributed by atoms with Crippen LogP contribution in [0.15, 0.2) is 11.2 Å². The van der Waals surface area contributed by atoms with Gasteiger partial charge in [-0.3, -0.25) is 0 Å². The number of rotatable bonds is 1. The van der Waals surface area contributed by atoms with Gasteiger partial charge >= 0.3 is 0 Å². The van der Waals surface area contributed by atoms with Crippen LogP contribution < -0.4 is 0 Å². The first-order valence-corrected chi connectivity index (χ1v) is 6.78. The average molecular weight is 235 g/mol. The summed E-state index contributed by atoms with van der Waals surface area (Å²) in [6.07, 6.45) is 3.14. The highest BCUT2D eigenvalue weighted by molar-refractivity contribution is 8.13. The Bertz CT molecular complexity index is 452. The SMILES string of the molecule is C[C@H]1CCn2c(S(=O)(=O)Cl)cnc2C1. The molecule has 1 aromatic heterocycles. The fourth-order valence-electron chi connectivity index (χ4n) is 1.76. The Morgan fingerprint density at radius 2 is 2.36 bits per heavy atom. The minimum atomic E-state index is -3.65. The van der Waals surface area contributed by atoms with Gasteiger partial charge in [-0.1, -0.05) is 6.92 Å². The second-order valence-corrected chi connectivity index (χ2v) is 6.21. The molecule has 78 valence electrons. The Labute approximate surface area is 87.3 Å². The lowest BCUT2D eigenvalue weighted by atomic mass is 10.0. The van der Waals surface area contributed by atoms with Crippen LogP contribution in [0.2, 0.25) is 0 Å². The number of imidazole rings is 1. The number of hydrogen-bond donors (Lipinski definition) is 0. The topological polar surface area (TPSA) is 52.0 Å². The summed E-state index contributed by atoms with van der Waals surface area (Å²) in [4.78, 5) is 4.07. The second kappa shape index (κ2) is 3.24. The summed E-state index contributed by atoms with van der Waals surface area (Å²) >= 11 is 0. The molecule has 0 amide bonds. The van der Waals surface area contributed by atoms with Crippen LogP contribution in [0.25, 0.3) is 0 Å². The van der Waals surface area contributed by atoms with Gasteiger partial charge in [-0.15, -0.1) is 0 Å². The molecule has 0 N–H and O–H groups in total. The first-order chi connectivity index (χ1) is 6.48. The first kappa shape index (κ1) is 9.98. The van der Waals surface area contributed by atoms with Crippen LogP contribution in [0.3, 0.4) is 0 Å². The van der Waals surface area contributed by atoms with Crippen LogP contribution >= 0.6 is 10.7 Å². The fourth-order valence-corrected chi connectivity index (χ4v) is 2.76. The fraction of sp³-hybridized carbons (Fsp3) is 0.625. The first-order valence-electron chi connectivity index (χ1n) is 4.47. The molecule has 1 aromatic rings. The molecular formula is C8H11ClN2O2S. The van der Waals surface area contributed by atoms with Crippen LogP contribution in [-0.4, -0.2) is 18.0 Å². The second-order valence-electron chi connectivity index (χ2n) is 3.70. The quantitative estimate of drug-likeness (QED) is 0.690. The molecule has 0 saturated heterocycles. The third kappa shape index (κ3) is 1.66. The van der Waals surface area contributed by atoms with E-state index >= 15 is 0 Å². The van der Waals surface area contributed by atoms with Gasteiger partial charge in [0.2, 0.25) is 0 Å². The minimum Gasteiger partial charge on any atom is -0.318 e. The van der Waals surface area contributed by atoms with Gasteiger partial charge < -0.3 is 4.57 Å². The van der Waals surface area contributed by atoms with Crippen molar-refractivity contribution in [1.29, 1.82) is 0 Å². The maximum absolute atomic E-state index is 11.2. The average Bonchev–Trinajstić information content (AvgIpc) is 2.45. The molecule has 2 heterocycles. The van der Waals surface area contributed by atoms with Crippen molar-refractivity contribution in [3.63, 3.8) is 0 Å². The Hall–Kier alpha value is -0.550. The van der Waals surface area contributed by atoms with E-state index in [0.29, 0.717) is 12.5 Å². The molecule has 1 aliphatic heterocycles. The molecule has 0 unspecified atom stereocenters. The van der Waals surface area contributed by atoms with Gasteiger partial charge in [0.25, 0.3) is 9.05 Å². The maximum atomic E-state index is 11.2. The summed E-state index contributed by atoms with van der Waals surface area (Å²) in [6, 6.07) is 0. The molecule has 0 aromatic carbocycles. The molecular weight excluding hydrogens is 224 g/mol. The maximum Gasteiger partial charge on any atom is 0.278 e. The van der Waals surface area contributed by atoms with Gasteiger partial charge in [-0.05, 0) is 12.3 Å². The zero-order chi connectivity index (χ0) is 10.3. The lowest BCUT2D eigenvalue weighted by Gasteiger charge is -2.20. The van der Waals surface area contributed by atoms with E-state index in [4.69, 9.17) is 10.7 Å². The van der Waals surface area contributed by atoms with Gasteiger partial charge in [0.1, 0.15) is 5.82 Å². The summed E-state index contributed by atoms with van der Waals surface area (Å²) in [5.74, 6) is 1.39. The molecule has 4 nitrogen and oxygen atoms in total. The number of aromatic nitrogens is 2. The van der Waals surface area contributed by atoms with Crippen molar-refractivity contribution < 1.29 is 8.42 Å². The molecule has 0 bridgehead atoms. The van der Waals surface area contributed by atoms with E-state index in [0.717, 1.165) is 18.7 Å². The lowest BCUT2D eigenvalue weighted by molar-refractivity contribution is 0.393. The van der Waals surface area contributed by atoms with E-state index in [-0.39, 0.29) is 5.03 Å². The van der Waals surface area contributed by atoms with Gasteiger partial charge in [0.05, 0.1) is 6.20 Å². The van der Waals surface area contributed by atoms with Crippen LogP contribution in [-0.2, 0) is 22.0 Å². The molecule has 0 aliphatic carbocycles. The van der Waals surface area contributed by atoms with Crippen LogP contribution in [0.1, 0.15) is 19.2 Å². The highest BCUT2D eigenvalue weighted by Crippen LogP contribution is 2.24. The molecule has 2 rings (SSSR count). The molecule has 0 fully saturated rings. The highest BCUT2D eigenvalue weighted by atomic mass is 35.7. The van der Waals surface area contributed by atoms with Crippen LogP contribution in [0.4, 0.5) is 0 Å². The Morgan fingerprint density at radius 3 is 3.00 bits per heavy atom. The van der Waals surface area contributed by atoms with Crippen molar-refractivity contribution in [3.05, 3.63) is 12.0 Å². The molecule has 14 heavy (non-hydrogen) atoms. The molecule has 1 aliphatic rings. The molecule has 0 radical (unpaired) electrons. The highest BCUT2D eigenvalue weighted by Gasteiger charge is 2.24. The Morgan fingerprint density at radius 1 is 1.64 bits per heavy atom. The van der Waals surface area contributed by atoms with Crippen molar-refractivity contribution in [3.8, 4) is 0 Å². The summed E-state index contributed by atoms with van der Waals surface area (Å²) in [6.45, 7) is 2.82. The summed E-state index contributed by atoms with van der Waals surface area (Å²) < 4.78 is 24.0. The molecule has 0 spiro atoms. The number of hydrogen-bond acceptors (Lipinski definition) is 3. The van der Waals surface area contributed by atoms with Crippen molar-refractivity contribution in [2.24, 2.45) is 5.92 Å².